The Bertz CT molecular complexity index is 1320. The third-order valence-corrected chi connectivity index (χ3v) is 7.22. The standard InChI is InChI=1S/C31H39N5O5S/c1-31(2,3)41-30(39)35-27-8-5-4-7-26(27)33-28(37)23-12-10-22(11-13-23)25(9-6-15-36-16-18-40-19-17-36)34-29(38)32-24-14-20-42-21-24/h4-5,7-8,10-14,20-21,25H,6,9,15-19H2,1-3H3,(H,33,37)(H,35,39)(H2,32,34,38). The first kappa shape index (κ1) is 31.0. The van der Waals surface area contributed by atoms with E-state index in [0.29, 0.717) is 16.9 Å². The van der Waals surface area contributed by atoms with E-state index in [-0.39, 0.29) is 18.0 Å². The number of amides is 4. The molecule has 3 aromatic rings. The van der Waals surface area contributed by atoms with Gasteiger partial charge in [0.15, 0.2) is 0 Å². The van der Waals surface area contributed by atoms with Crippen LogP contribution in [0, 0.1) is 0 Å². The van der Waals surface area contributed by atoms with Crippen LogP contribution in [0.15, 0.2) is 65.4 Å². The summed E-state index contributed by atoms with van der Waals surface area (Å²) in [7, 11) is 0. The van der Waals surface area contributed by atoms with Crippen LogP contribution in [0.5, 0.6) is 0 Å². The SMILES string of the molecule is CC(C)(C)OC(=O)Nc1ccccc1NC(=O)c1ccc(C(CCCN2CCOCC2)NC(=O)Nc2ccsc2)cc1. The van der Waals surface area contributed by atoms with Gasteiger partial charge in [-0.05, 0) is 81.4 Å². The number of morpholine rings is 1. The lowest BCUT2D eigenvalue weighted by Gasteiger charge is -2.27. The number of carbonyl (C=O) groups excluding carboxylic acids is 3. The van der Waals surface area contributed by atoms with Gasteiger partial charge < -0.3 is 25.4 Å². The van der Waals surface area contributed by atoms with Crippen molar-refractivity contribution < 1.29 is 23.9 Å². The average molecular weight is 594 g/mol. The monoisotopic (exact) mass is 593 g/mol. The van der Waals surface area contributed by atoms with Crippen molar-refractivity contribution in [2.75, 3.05) is 48.8 Å². The Balaban J connectivity index is 1.41. The summed E-state index contributed by atoms with van der Waals surface area (Å²) in [5.74, 6) is -0.327. The van der Waals surface area contributed by atoms with E-state index in [4.69, 9.17) is 9.47 Å². The van der Waals surface area contributed by atoms with Crippen molar-refractivity contribution in [1.82, 2.24) is 10.2 Å². The molecular formula is C31H39N5O5S. The van der Waals surface area contributed by atoms with Crippen molar-refractivity contribution in [2.24, 2.45) is 0 Å². The van der Waals surface area contributed by atoms with Gasteiger partial charge >= 0.3 is 12.1 Å². The third-order valence-electron chi connectivity index (χ3n) is 6.54. The Kier molecular flexibility index (Phi) is 10.9. The molecule has 224 valence electrons. The molecule has 0 bridgehead atoms. The fraction of sp³-hybridized carbons (Fsp3) is 0.387. The van der Waals surface area contributed by atoms with E-state index in [2.05, 4.69) is 26.2 Å². The molecule has 42 heavy (non-hydrogen) atoms. The Hall–Kier alpha value is -3.93. The predicted molar refractivity (Wildman–Crippen MR) is 166 cm³/mol. The number of para-hydroxylation sites is 2. The minimum Gasteiger partial charge on any atom is -0.444 e. The van der Waals surface area contributed by atoms with Crippen LogP contribution in [0.25, 0.3) is 0 Å². The maximum atomic E-state index is 13.1. The second-order valence-electron chi connectivity index (χ2n) is 11.0. The van der Waals surface area contributed by atoms with Gasteiger partial charge in [0.2, 0.25) is 0 Å². The van der Waals surface area contributed by atoms with Gasteiger partial charge in [0, 0.05) is 24.0 Å². The molecule has 0 aliphatic carbocycles. The molecule has 4 amide bonds. The first-order valence-electron chi connectivity index (χ1n) is 14.1. The van der Waals surface area contributed by atoms with Crippen LogP contribution in [0.3, 0.4) is 0 Å². The maximum absolute atomic E-state index is 13.1. The largest absolute Gasteiger partial charge is 0.444 e. The van der Waals surface area contributed by atoms with Crippen LogP contribution in [-0.4, -0.2) is 61.4 Å². The number of anilines is 3. The van der Waals surface area contributed by atoms with Gasteiger partial charge in [-0.3, -0.25) is 15.0 Å². The van der Waals surface area contributed by atoms with Crippen LogP contribution in [0.4, 0.5) is 26.7 Å². The molecule has 11 heteroatoms. The minimum atomic E-state index is -0.649. The van der Waals surface area contributed by atoms with Gasteiger partial charge in [0.1, 0.15) is 5.60 Å². The smallest absolute Gasteiger partial charge is 0.412 e. The first-order valence-corrected chi connectivity index (χ1v) is 15.0. The molecule has 0 radical (unpaired) electrons. The zero-order valence-electron chi connectivity index (χ0n) is 24.3. The number of hydrogen-bond acceptors (Lipinski definition) is 7. The molecule has 10 nitrogen and oxygen atoms in total. The lowest BCUT2D eigenvalue weighted by molar-refractivity contribution is 0.0369. The van der Waals surface area contributed by atoms with Crippen LogP contribution >= 0.6 is 11.3 Å². The summed E-state index contributed by atoms with van der Waals surface area (Å²) in [5.41, 5.74) is 2.33. The van der Waals surface area contributed by atoms with E-state index in [9.17, 15) is 14.4 Å². The molecule has 1 atom stereocenters. The van der Waals surface area contributed by atoms with Crippen LogP contribution in [0.2, 0.25) is 0 Å². The first-order chi connectivity index (χ1) is 20.2. The molecule has 4 N–H and O–H groups in total. The van der Waals surface area contributed by atoms with Gasteiger partial charge in [0.05, 0.1) is 36.3 Å². The number of benzene rings is 2. The molecule has 2 heterocycles. The number of urea groups is 1. The van der Waals surface area contributed by atoms with Crippen molar-refractivity contribution in [1.29, 1.82) is 0 Å². The van der Waals surface area contributed by atoms with Crippen LogP contribution in [-0.2, 0) is 9.47 Å². The molecule has 1 saturated heterocycles. The van der Waals surface area contributed by atoms with E-state index in [1.807, 2.05) is 29.0 Å². The molecule has 1 fully saturated rings. The highest BCUT2D eigenvalue weighted by molar-refractivity contribution is 7.08. The van der Waals surface area contributed by atoms with E-state index in [0.717, 1.165) is 56.9 Å². The summed E-state index contributed by atoms with van der Waals surface area (Å²) in [6.45, 7) is 9.59. The van der Waals surface area contributed by atoms with Crippen molar-refractivity contribution in [2.45, 2.75) is 45.3 Å². The molecule has 1 unspecified atom stereocenters. The van der Waals surface area contributed by atoms with Gasteiger partial charge in [-0.2, -0.15) is 11.3 Å². The number of nitrogens with one attached hydrogen (secondary N) is 4. The van der Waals surface area contributed by atoms with E-state index in [1.165, 1.54) is 11.3 Å². The number of rotatable bonds is 10. The normalized spacial score (nSPS) is 14.5. The Morgan fingerprint density at radius 1 is 0.952 bits per heavy atom. The van der Waals surface area contributed by atoms with E-state index < -0.39 is 11.7 Å². The van der Waals surface area contributed by atoms with Crippen molar-refractivity contribution >= 4 is 46.4 Å². The molecular weight excluding hydrogens is 554 g/mol. The van der Waals surface area contributed by atoms with Crippen molar-refractivity contribution in [3.05, 3.63) is 76.5 Å². The fourth-order valence-electron chi connectivity index (χ4n) is 4.50. The molecule has 0 saturated carbocycles. The van der Waals surface area contributed by atoms with Crippen molar-refractivity contribution in [3.63, 3.8) is 0 Å². The van der Waals surface area contributed by atoms with Gasteiger partial charge in [-0.25, -0.2) is 9.59 Å². The number of carbonyl (C=O) groups is 3. The molecule has 4 rings (SSSR count). The lowest BCUT2D eigenvalue weighted by Crippen LogP contribution is -2.37. The summed E-state index contributed by atoms with van der Waals surface area (Å²) in [4.78, 5) is 40.5. The summed E-state index contributed by atoms with van der Waals surface area (Å²) in [5, 5.41) is 15.3. The Morgan fingerprint density at radius 2 is 1.64 bits per heavy atom. The second kappa shape index (κ2) is 14.8. The zero-order valence-corrected chi connectivity index (χ0v) is 25.1. The number of thiophene rings is 1. The highest BCUT2D eigenvalue weighted by Crippen LogP contribution is 2.24. The quantitative estimate of drug-likeness (QED) is 0.218. The maximum Gasteiger partial charge on any atom is 0.412 e. The minimum absolute atomic E-state index is 0.236. The molecule has 1 aliphatic rings. The van der Waals surface area contributed by atoms with Crippen LogP contribution in [0.1, 0.15) is 55.6 Å². The second-order valence-corrected chi connectivity index (χ2v) is 11.8. The highest BCUT2D eigenvalue weighted by Gasteiger charge is 2.20. The number of ether oxygens (including phenoxy) is 2. The lowest BCUT2D eigenvalue weighted by atomic mass is 10.00. The van der Waals surface area contributed by atoms with Crippen LogP contribution < -0.4 is 21.3 Å². The summed E-state index contributed by atoms with van der Waals surface area (Å²) in [6.07, 6.45) is 1.03. The summed E-state index contributed by atoms with van der Waals surface area (Å²) in [6, 6.07) is 15.5. The summed E-state index contributed by atoms with van der Waals surface area (Å²) < 4.78 is 10.8. The predicted octanol–water partition coefficient (Wildman–Crippen LogP) is 6.32. The van der Waals surface area contributed by atoms with E-state index >= 15 is 0 Å². The molecule has 1 aliphatic heterocycles. The summed E-state index contributed by atoms with van der Waals surface area (Å²) >= 11 is 1.51. The number of nitrogens with zero attached hydrogens (tertiary/aromatic N) is 1. The third kappa shape index (κ3) is 9.86. The Labute approximate surface area is 250 Å². The zero-order chi connectivity index (χ0) is 30.0. The molecule has 2 aromatic carbocycles. The topological polar surface area (TPSA) is 121 Å². The highest BCUT2D eigenvalue weighted by atomic mass is 32.1. The van der Waals surface area contributed by atoms with Gasteiger partial charge in [0.25, 0.3) is 5.91 Å². The van der Waals surface area contributed by atoms with Gasteiger partial charge in [-0.15, -0.1) is 0 Å². The van der Waals surface area contributed by atoms with Gasteiger partial charge in [-0.1, -0.05) is 24.3 Å². The molecule has 1 aromatic heterocycles. The fourth-order valence-corrected chi connectivity index (χ4v) is 5.09. The van der Waals surface area contributed by atoms with E-state index in [1.54, 1.807) is 57.2 Å². The van der Waals surface area contributed by atoms with Crippen molar-refractivity contribution in [3.8, 4) is 0 Å². The number of hydrogen-bond donors (Lipinski definition) is 4. The Morgan fingerprint density at radius 3 is 2.29 bits per heavy atom. The molecule has 0 spiro atoms. The average Bonchev–Trinajstić information content (AvgIpc) is 3.46.